The van der Waals surface area contributed by atoms with Gasteiger partial charge in [0.2, 0.25) is 0 Å². The van der Waals surface area contributed by atoms with E-state index in [2.05, 4.69) is 11.2 Å². The van der Waals surface area contributed by atoms with Crippen LogP contribution in [0.5, 0.6) is 5.75 Å². The predicted octanol–water partition coefficient (Wildman–Crippen LogP) is 1.82. The van der Waals surface area contributed by atoms with Gasteiger partial charge in [0, 0.05) is 18.9 Å². The monoisotopic (exact) mass is 180 g/mol. The number of hydrogen-bond acceptors (Lipinski definition) is 3. The minimum Gasteiger partial charge on any atom is -0.490 e. The van der Waals surface area contributed by atoms with Crippen LogP contribution in [-0.2, 0) is 11.3 Å². The van der Waals surface area contributed by atoms with Crippen LogP contribution in [-0.4, -0.2) is 18.2 Å². The topological polar surface area (TPSA) is 31.4 Å². The standard InChI is InChI=1S/C10H14NO2/c1-8(2)13-10-4-5-11-6-9(10)7-12-3/h4-5,8H,7H2,1-3H3. The van der Waals surface area contributed by atoms with Crippen molar-refractivity contribution in [3.05, 3.63) is 24.0 Å². The molecule has 0 spiro atoms. The van der Waals surface area contributed by atoms with Crippen LogP contribution in [0.4, 0.5) is 0 Å². The Morgan fingerprint density at radius 3 is 2.92 bits per heavy atom. The fourth-order valence-corrected chi connectivity index (χ4v) is 0.988. The number of hydrogen-bond donors (Lipinski definition) is 0. The van der Waals surface area contributed by atoms with Gasteiger partial charge in [0.25, 0.3) is 0 Å². The lowest BCUT2D eigenvalue weighted by atomic mass is 10.2. The van der Waals surface area contributed by atoms with Crippen LogP contribution in [0.2, 0.25) is 0 Å². The molecule has 0 aliphatic rings. The molecule has 1 rings (SSSR count). The molecule has 0 aromatic carbocycles. The van der Waals surface area contributed by atoms with Gasteiger partial charge in [-0.1, -0.05) is 0 Å². The zero-order chi connectivity index (χ0) is 9.68. The third kappa shape index (κ3) is 3.03. The number of ether oxygens (including phenoxy) is 2. The molecule has 0 bridgehead atoms. The molecule has 0 fully saturated rings. The van der Waals surface area contributed by atoms with Crippen molar-refractivity contribution in [3.63, 3.8) is 0 Å². The molecule has 0 atom stereocenters. The van der Waals surface area contributed by atoms with E-state index >= 15 is 0 Å². The molecule has 0 amide bonds. The average Bonchev–Trinajstić information content (AvgIpc) is 2.08. The van der Waals surface area contributed by atoms with Gasteiger partial charge in [0.15, 0.2) is 0 Å². The second-order valence-electron chi connectivity index (χ2n) is 3.00. The molecule has 1 aromatic heterocycles. The first-order chi connectivity index (χ1) is 6.24. The molecular weight excluding hydrogens is 166 g/mol. The van der Waals surface area contributed by atoms with Gasteiger partial charge in [-0.15, -0.1) is 0 Å². The maximum Gasteiger partial charge on any atom is 0.128 e. The minimum atomic E-state index is 0.159. The van der Waals surface area contributed by atoms with E-state index in [4.69, 9.17) is 9.47 Å². The molecule has 3 heteroatoms. The Hall–Kier alpha value is -1.09. The number of nitrogens with zero attached hydrogens (tertiary/aromatic N) is 1. The Labute approximate surface area is 78.7 Å². The van der Waals surface area contributed by atoms with Crippen molar-refractivity contribution >= 4 is 0 Å². The van der Waals surface area contributed by atoms with E-state index in [1.807, 2.05) is 19.9 Å². The van der Waals surface area contributed by atoms with E-state index in [1.165, 1.54) is 0 Å². The van der Waals surface area contributed by atoms with Gasteiger partial charge < -0.3 is 9.47 Å². The first kappa shape index (κ1) is 9.99. The molecular formula is C10H14NO2. The van der Waals surface area contributed by atoms with Crippen LogP contribution in [0.1, 0.15) is 19.4 Å². The minimum absolute atomic E-state index is 0.159. The summed E-state index contributed by atoms with van der Waals surface area (Å²) in [7, 11) is 1.64. The quantitative estimate of drug-likeness (QED) is 0.708. The fourth-order valence-electron chi connectivity index (χ4n) is 0.988. The van der Waals surface area contributed by atoms with Crippen molar-refractivity contribution < 1.29 is 9.47 Å². The Bertz CT molecular complexity index is 261. The molecule has 0 saturated carbocycles. The molecule has 0 aliphatic heterocycles. The van der Waals surface area contributed by atoms with Crippen LogP contribution in [0.15, 0.2) is 12.3 Å². The highest BCUT2D eigenvalue weighted by molar-refractivity contribution is 5.28. The first-order valence-electron chi connectivity index (χ1n) is 4.25. The number of aromatic nitrogens is 1. The zero-order valence-electron chi connectivity index (χ0n) is 8.20. The van der Waals surface area contributed by atoms with Gasteiger partial charge >= 0.3 is 0 Å². The van der Waals surface area contributed by atoms with Gasteiger partial charge in [0.05, 0.1) is 18.9 Å². The normalized spacial score (nSPS) is 10.5. The average molecular weight is 180 g/mol. The molecule has 13 heavy (non-hydrogen) atoms. The summed E-state index contributed by atoms with van der Waals surface area (Å²) in [4.78, 5) is 3.89. The van der Waals surface area contributed by atoms with Crippen molar-refractivity contribution in [3.8, 4) is 5.75 Å². The number of rotatable bonds is 4. The number of methoxy groups -OCH3 is 1. The summed E-state index contributed by atoms with van der Waals surface area (Å²) in [5.74, 6) is 0.798. The van der Waals surface area contributed by atoms with E-state index in [1.54, 1.807) is 13.3 Å². The van der Waals surface area contributed by atoms with E-state index in [0.29, 0.717) is 6.61 Å². The summed E-state index contributed by atoms with van der Waals surface area (Å²) in [6, 6.07) is 1.82. The second kappa shape index (κ2) is 4.82. The lowest BCUT2D eigenvalue weighted by molar-refractivity contribution is 0.174. The molecule has 0 N–H and O–H groups in total. The summed E-state index contributed by atoms with van der Waals surface area (Å²) in [5, 5.41) is 0. The van der Waals surface area contributed by atoms with Gasteiger partial charge in [-0.05, 0) is 19.9 Å². The maximum atomic E-state index is 5.55. The highest BCUT2D eigenvalue weighted by atomic mass is 16.5. The van der Waals surface area contributed by atoms with E-state index in [0.717, 1.165) is 11.3 Å². The Morgan fingerprint density at radius 2 is 2.31 bits per heavy atom. The summed E-state index contributed by atoms with van der Waals surface area (Å²) in [6.45, 7) is 4.45. The molecule has 1 aromatic rings. The molecule has 0 saturated heterocycles. The molecule has 1 heterocycles. The smallest absolute Gasteiger partial charge is 0.128 e. The molecule has 71 valence electrons. The lowest BCUT2D eigenvalue weighted by Crippen LogP contribution is -2.08. The SMILES string of the molecule is COCc1[c]nccc1OC(C)C. The highest BCUT2D eigenvalue weighted by Gasteiger charge is 2.04. The molecule has 3 nitrogen and oxygen atoms in total. The van der Waals surface area contributed by atoms with E-state index in [9.17, 15) is 0 Å². The first-order valence-corrected chi connectivity index (χ1v) is 4.25. The van der Waals surface area contributed by atoms with Crippen LogP contribution < -0.4 is 4.74 Å². The fraction of sp³-hybridized carbons (Fsp3) is 0.500. The van der Waals surface area contributed by atoms with Gasteiger partial charge in [-0.2, -0.15) is 0 Å². The van der Waals surface area contributed by atoms with Gasteiger partial charge in [0.1, 0.15) is 5.75 Å². The summed E-state index contributed by atoms with van der Waals surface area (Å²) in [5.41, 5.74) is 0.860. The van der Waals surface area contributed by atoms with Crippen LogP contribution in [0, 0.1) is 6.20 Å². The predicted molar refractivity (Wildman–Crippen MR) is 49.6 cm³/mol. The Morgan fingerprint density at radius 1 is 1.54 bits per heavy atom. The van der Waals surface area contributed by atoms with Crippen molar-refractivity contribution in [2.75, 3.05) is 7.11 Å². The van der Waals surface area contributed by atoms with E-state index in [-0.39, 0.29) is 6.10 Å². The van der Waals surface area contributed by atoms with Gasteiger partial charge in [-0.3, -0.25) is 4.98 Å². The largest absolute Gasteiger partial charge is 0.490 e. The third-order valence-electron chi connectivity index (χ3n) is 1.45. The van der Waals surface area contributed by atoms with Crippen LogP contribution >= 0.6 is 0 Å². The second-order valence-corrected chi connectivity index (χ2v) is 3.00. The summed E-state index contributed by atoms with van der Waals surface area (Å²) in [6.07, 6.45) is 4.67. The third-order valence-corrected chi connectivity index (χ3v) is 1.45. The lowest BCUT2D eigenvalue weighted by Gasteiger charge is -2.12. The molecule has 0 unspecified atom stereocenters. The van der Waals surface area contributed by atoms with Crippen molar-refractivity contribution in [1.82, 2.24) is 4.98 Å². The Kier molecular flexibility index (Phi) is 3.71. The summed E-state index contributed by atoms with van der Waals surface area (Å²) < 4.78 is 10.5. The van der Waals surface area contributed by atoms with Crippen LogP contribution in [0.25, 0.3) is 0 Å². The number of pyridine rings is 1. The van der Waals surface area contributed by atoms with Crippen molar-refractivity contribution in [2.24, 2.45) is 0 Å². The maximum absolute atomic E-state index is 5.55. The van der Waals surface area contributed by atoms with Gasteiger partial charge in [-0.25, -0.2) is 0 Å². The zero-order valence-corrected chi connectivity index (χ0v) is 8.20. The van der Waals surface area contributed by atoms with Crippen molar-refractivity contribution in [1.29, 1.82) is 0 Å². The van der Waals surface area contributed by atoms with E-state index < -0.39 is 0 Å². The Balaban J connectivity index is 2.78. The van der Waals surface area contributed by atoms with Crippen LogP contribution in [0.3, 0.4) is 0 Å². The molecule has 0 aliphatic carbocycles. The van der Waals surface area contributed by atoms with Crippen molar-refractivity contribution in [2.45, 2.75) is 26.6 Å². The highest BCUT2D eigenvalue weighted by Crippen LogP contribution is 2.17. The summed E-state index contributed by atoms with van der Waals surface area (Å²) >= 11 is 0. The molecule has 1 radical (unpaired) electrons.